The molecule has 2 heterocycles. The molecule has 6 nitrogen and oxygen atoms in total. The van der Waals surface area contributed by atoms with Gasteiger partial charge in [0.05, 0.1) is 15.6 Å². The number of anilines is 1. The van der Waals surface area contributed by atoms with E-state index >= 15 is 0 Å². The number of hydrogen-bond acceptors (Lipinski definition) is 7. The van der Waals surface area contributed by atoms with Crippen molar-refractivity contribution in [2.24, 2.45) is 0 Å². The number of rotatable bonds is 6. The van der Waals surface area contributed by atoms with Gasteiger partial charge in [0.2, 0.25) is 0 Å². The normalized spacial score (nSPS) is 10.4. The van der Waals surface area contributed by atoms with E-state index in [1.54, 1.807) is 6.92 Å². The molecule has 0 aliphatic heterocycles. The first-order chi connectivity index (χ1) is 13.0. The molecule has 138 valence electrons. The van der Waals surface area contributed by atoms with E-state index in [-0.39, 0.29) is 12.5 Å². The molecule has 0 aliphatic rings. The first-order valence-electron chi connectivity index (χ1n) is 8.09. The summed E-state index contributed by atoms with van der Waals surface area (Å²) >= 11 is 2.53. The molecule has 0 radical (unpaired) electrons. The Bertz CT molecular complexity index is 993. The lowest BCUT2D eigenvalue weighted by Crippen LogP contribution is -2.13. The van der Waals surface area contributed by atoms with Gasteiger partial charge in [-0.3, -0.25) is 10.1 Å². The zero-order valence-electron chi connectivity index (χ0n) is 14.8. The first kappa shape index (κ1) is 18.9. The Kier molecular flexibility index (Phi) is 5.78. The van der Waals surface area contributed by atoms with Crippen LogP contribution in [0, 0.1) is 13.8 Å². The van der Waals surface area contributed by atoms with Gasteiger partial charge in [0.15, 0.2) is 5.13 Å². The van der Waals surface area contributed by atoms with Gasteiger partial charge in [-0.2, -0.15) is 0 Å². The van der Waals surface area contributed by atoms with E-state index in [0.29, 0.717) is 21.4 Å². The van der Waals surface area contributed by atoms with Gasteiger partial charge in [-0.15, -0.1) is 11.3 Å². The Morgan fingerprint density at radius 3 is 2.63 bits per heavy atom. The van der Waals surface area contributed by atoms with Crippen molar-refractivity contribution < 1.29 is 14.3 Å². The zero-order valence-corrected chi connectivity index (χ0v) is 16.4. The summed E-state index contributed by atoms with van der Waals surface area (Å²) in [7, 11) is 0. The van der Waals surface area contributed by atoms with Gasteiger partial charge in [0.25, 0.3) is 5.91 Å². The predicted molar refractivity (Wildman–Crippen MR) is 108 cm³/mol. The minimum atomic E-state index is -0.486. The number of aryl methyl sites for hydroxylation is 2. The topological polar surface area (TPSA) is 81.2 Å². The lowest BCUT2D eigenvalue weighted by atomic mass is 10.1. The molecule has 0 saturated heterocycles. The fourth-order valence-corrected chi connectivity index (χ4v) is 4.14. The van der Waals surface area contributed by atoms with Crippen molar-refractivity contribution in [3.63, 3.8) is 0 Å². The second-order valence-corrected chi connectivity index (χ2v) is 7.75. The lowest BCUT2D eigenvalue weighted by Gasteiger charge is -2.02. The van der Waals surface area contributed by atoms with Crippen molar-refractivity contribution in [1.82, 2.24) is 9.97 Å². The Balaban J connectivity index is 1.83. The molecular formula is C19H17N3O3S2. The van der Waals surface area contributed by atoms with Gasteiger partial charge in [-0.25, -0.2) is 14.8 Å². The van der Waals surface area contributed by atoms with Crippen LogP contribution in [0.15, 0.2) is 43.0 Å². The molecular weight excluding hydrogens is 382 g/mol. The van der Waals surface area contributed by atoms with E-state index in [0.717, 1.165) is 26.8 Å². The van der Waals surface area contributed by atoms with E-state index in [2.05, 4.69) is 21.9 Å². The van der Waals surface area contributed by atoms with Gasteiger partial charge in [-0.05, 0) is 19.4 Å². The first-order valence-corrected chi connectivity index (χ1v) is 9.72. The summed E-state index contributed by atoms with van der Waals surface area (Å²) in [6.45, 7) is 7.18. The van der Waals surface area contributed by atoms with Gasteiger partial charge >= 0.3 is 5.97 Å². The van der Waals surface area contributed by atoms with Crippen LogP contribution in [-0.2, 0) is 4.74 Å². The molecule has 0 unspecified atom stereocenters. The number of benzene rings is 1. The molecule has 2 aromatic heterocycles. The van der Waals surface area contributed by atoms with Gasteiger partial charge < -0.3 is 4.74 Å². The van der Waals surface area contributed by atoms with Crippen molar-refractivity contribution in [2.45, 2.75) is 13.8 Å². The Labute approximate surface area is 164 Å². The smallest absolute Gasteiger partial charge is 0.350 e. The van der Waals surface area contributed by atoms with E-state index < -0.39 is 5.97 Å². The standard InChI is InChI=1S/C19H17N3O3S2/c1-4-10-25-18(24)15-11(2)20-19(27-15)22-17(23)14-16(26-12(3)21-14)13-8-6-5-7-9-13/h4-9H,1,10H2,2-3H3,(H,20,22,23). The summed E-state index contributed by atoms with van der Waals surface area (Å²) in [5, 5.41) is 3.86. The fourth-order valence-electron chi connectivity index (χ4n) is 2.36. The van der Waals surface area contributed by atoms with Crippen molar-refractivity contribution in [3.05, 3.63) is 64.3 Å². The largest absolute Gasteiger partial charge is 0.457 e. The molecule has 0 spiro atoms. The van der Waals surface area contributed by atoms with Crippen LogP contribution in [0.2, 0.25) is 0 Å². The maximum Gasteiger partial charge on any atom is 0.350 e. The Morgan fingerprint density at radius 1 is 1.19 bits per heavy atom. The zero-order chi connectivity index (χ0) is 19.4. The number of esters is 1. The highest BCUT2D eigenvalue weighted by molar-refractivity contribution is 7.17. The molecule has 0 saturated carbocycles. The van der Waals surface area contributed by atoms with Crippen LogP contribution in [0.5, 0.6) is 0 Å². The summed E-state index contributed by atoms with van der Waals surface area (Å²) in [5.74, 6) is -0.849. The fraction of sp³-hybridized carbons (Fsp3) is 0.158. The molecule has 0 aliphatic carbocycles. The van der Waals surface area contributed by atoms with Crippen LogP contribution in [-0.4, -0.2) is 28.5 Å². The maximum absolute atomic E-state index is 12.8. The minimum Gasteiger partial charge on any atom is -0.457 e. The molecule has 3 rings (SSSR count). The van der Waals surface area contributed by atoms with Gasteiger partial charge in [0.1, 0.15) is 17.2 Å². The number of thiazole rings is 2. The van der Waals surface area contributed by atoms with Crippen LogP contribution >= 0.6 is 22.7 Å². The molecule has 0 bridgehead atoms. The Hall–Kier alpha value is -2.84. The average Bonchev–Trinajstić information content (AvgIpc) is 3.23. The third-order valence-electron chi connectivity index (χ3n) is 3.52. The van der Waals surface area contributed by atoms with Crippen LogP contribution in [0.1, 0.15) is 30.9 Å². The summed E-state index contributed by atoms with van der Waals surface area (Å²) in [4.78, 5) is 34.5. The number of carbonyl (C=O) groups excluding carboxylic acids is 2. The number of ether oxygens (including phenoxy) is 1. The van der Waals surface area contributed by atoms with Gasteiger partial charge in [0, 0.05) is 0 Å². The summed E-state index contributed by atoms with van der Waals surface area (Å²) < 4.78 is 5.03. The van der Waals surface area contributed by atoms with Crippen LogP contribution in [0.25, 0.3) is 10.4 Å². The molecule has 0 atom stereocenters. The number of amides is 1. The third-order valence-corrected chi connectivity index (χ3v) is 5.59. The Morgan fingerprint density at radius 2 is 1.93 bits per heavy atom. The number of carbonyl (C=O) groups is 2. The lowest BCUT2D eigenvalue weighted by molar-refractivity contribution is 0.0554. The molecule has 1 amide bonds. The van der Waals surface area contributed by atoms with Gasteiger partial charge in [-0.1, -0.05) is 54.3 Å². The number of nitrogens with one attached hydrogen (secondary N) is 1. The highest BCUT2D eigenvalue weighted by Gasteiger charge is 2.22. The van der Waals surface area contributed by atoms with Crippen molar-refractivity contribution >= 4 is 39.7 Å². The molecule has 1 aromatic carbocycles. The minimum absolute atomic E-state index is 0.121. The van der Waals surface area contributed by atoms with Crippen molar-refractivity contribution in [3.8, 4) is 10.4 Å². The average molecular weight is 399 g/mol. The van der Waals surface area contributed by atoms with Crippen LogP contribution in [0.3, 0.4) is 0 Å². The maximum atomic E-state index is 12.8. The van der Waals surface area contributed by atoms with E-state index in [9.17, 15) is 9.59 Å². The summed E-state index contributed by atoms with van der Waals surface area (Å²) in [5.41, 5.74) is 1.77. The third kappa shape index (κ3) is 4.29. The predicted octanol–water partition coefficient (Wildman–Crippen LogP) is 4.48. The summed E-state index contributed by atoms with van der Waals surface area (Å²) in [6.07, 6.45) is 1.49. The van der Waals surface area contributed by atoms with Crippen LogP contribution in [0.4, 0.5) is 5.13 Å². The highest BCUT2D eigenvalue weighted by atomic mass is 32.1. The second kappa shape index (κ2) is 8.24. The number of hydrogen-bond donors (Lipinski definition) is 1. The molecule has 8 heteroatoms. The van der Waals surface area contributed by atoms with Crippen LogP contribution < -0.4 is 5.32 Å². The van der Waals surface area contributed by atoms with E-state index in [4.69, 9.17) is 4.74 Å². The molecule has 3 aromatic rings. The number of nitrogens with zero attached hydrogens (tertiary/aromatic N) is 2. The van der Waals surface area contributed by atoms with E-state index in [1.807, 2.05) is 37.3 Å². The quantitative estimate of drug-likeness (QED) is 0.488. The van der Waals surface area contributed by atoms with E-state index in [1.165, 1.54) is 17.4 Å². The second-order valence-electron chi connectivity index (χ2n) is 5.55. The number of aromatic nitrogens is 2. The molecule has 0 fully saturated rings. The SMILES string of the molecule is C=CCOC(=O)c1sc(NC(=O)c2nc(C)sc2-c2ccccc2)nc1C. The summed E-state index contributed by atoms with van der Waals surface area (Å²) in [6, 6.07) is 9.62. The monoisotopic (exact) mass is 399 g/mol. The molecule has 1 N–H and O–H groups in total. The molecule has 27 heavy (non-hydrogen) atoms. The highest BCUT2D eigenvalue weighted by Crippen LogP contribution is 2.31. The van der Waals surface area contributed by atoms with Crippen molar-refractivity contribution in [1.29, 1.82) is 0 Å². The van der Waals surface area contributed by atoms with Crippen molar-refractivity contribution in [2.75, 3.05) is 11.9 Å².